The minimum atomic E-state index is -0.507. The van der Waals surface area contributed by atoms with Gasteiger partial charge >= 0.3 is 5.97 Å². The molecule has 0 aliphatic carbocycles. The highest BCUT2D eigenvalue weighted by Gasteiger charge is 2.17. The number of esters is 1. The van der Waals surface area contributed by atoms with Crippen molar-refractivity contribution < 1.29 is 14.6 Å². The number of methoxy groups -OCH3 is 1. The van der Waals surface area contributed by atoms with Gasteiger partial charge in [0.25, 0.3) is 0 Å². The molecule has 28 heavy (non-hydrogen) atoms. The van der Waals surface area contributed by atoms with E-state index in [0.29, 0.717) is 29.2 Å². The van der Waals surface area contributed by atoms with Gasteiger partial charge in [-0.05, 0) is 30.2 Å². The molecule has 3 aromatic rings. The zero-order chi connectivity index (χ0) is 19.9. The van der Waals surface area contributed by atoms with Gasteiger partial charge in [-0.1, -0.05) is 30.3 Å². The largest absolute Gasteiger partial charge is 0.465 e. The Morgan fingerprint density at radius 2 is 1.96 bits per heavy atom. The van der Waals surface area contributed by atoms with E-state index < -0.39 is 5.97 Å². The molecule has 0 fully saturated rings. The number of hydrogen-bond donors (Lipinski definition) is 2. The Morgan fingerprint density at radius 1 is 1.21 bits per heavy atom. The van der Waals surface area contributed by atoms with Crippen molar-refractivity contribution in [1.29, 1.82) is 5.26 Å². The van der Waals surface area contributed by atoms with Gasteiger partial charge in [0.2, 0.25) is 5.95 Å². The summed E-state index contributed by atoms with van der Waals surface area (Å²) in [5, 5.41) is 21.5. The minimum absolute atomic E-state index is 0.0917. The number of anilines is 2. The number of aliphatic hydroxyl groups excluding tert-OH is 1. The third kappa shape index (κ3) is 4.14. The lowest BCUT2D eigenvalue weighted by atomic mass is 10.0. The number of ether oxygens (including phenoxy) is 1. The van der Waals surface area contributed by atoms with Gasteiger partial charge in [-0.2, -0.15) is 5.26 Å². The van der Waals surface area contributed by atoms with Gasteiger partial charge in [-0.25, -0.2) is 14.8 Å². The molecular weight excluding hydrogens is 356 g/mol. The van der Waals surface area contributed by atoms with Crippen molar-refractivity contribution in [1.82, 2.24) is 9.97 Å². The SMILES string of the molecule is COC(=O)c1ccccc1-c1nc(Nc2ccc(CCO)cc2)ncc1C#N. The van der Waals surface area contributed by atoms with E-state index in [1.54, 1.807) is 24.3 Å². The number of carbonyl (C=O) groups is 1. The lowest BCUT2D eigenvalue weighted by molar-refractivity contribution is 0.0601. The Morgan fingerprint density at radius 3 is 2.64 bits per heavy atom. The van der Waals surface area contributed by atoms with Crippen LogP contribution in [0.4, 0.5) is 11.6 Å². The van der Waals surface area contributed by atoms with Crippen molar-refractivity contribution in [2.24, 2.45) is 0 Å². The summed E-state index contributed by atoms with van der Waals surface area (Å²) in [7, 11) is 1.30. The summed E-state index contributed by atoms with van der Waals surface area (Å²) in [5.41, 5.74) is 3.19. The molecule has 0 saturated carbocycles. The molecule has 0 atom stereocenters. The van der Waals surface area contributed by atoms with Crippen LogP contribution in [-0.4, -0.2) is 34.8 Å². The molecule has 0 unspecified atom stereocenters. The molecule has 0 aliphatic rings. The first-order valence-corrected chi connectivity index (χ1v) is 8.58. The standard InChI is InChI=1S/C21H18N4O3/c1-28-20(27)18-5-3-2-4-17(18)19-15(12-22)13-23-21(25-19)24-16-8-6-14(7-9-16)10-11-26/h2-9,13,26H,10-11H2,1H3,(H,23,24,25). The molecule has 2 N–H and O–H groups in total. The Bertz CT molecular complexity index is 1030. The van der Waals surface area contributed by atoms with Gasteiger partial charge in [0, 0.05) is 17.9 Å². The molecule has 140 valence electrons. The average Bonchev–Trinajstić information content (AvgIpc) is 2.74. The van der Waals surface area contributed by atoms with Crippen LogP contribution in [0, 0.1) is 11.3 Å². The first kappa shape index (κ1) is 19.0. The second kappa shape index (κ2) is 8.75. The fourth-order valence-electron chi connectivity index (χ4n) is 2.72. The molecule has 7 heteroatoms. The van der Waals surface area contributed by atoms with Crippen LogP contribution >= 0.6 is 0 Å². The van der Waals surface area contributed by atoms with Crippen molar-refractivity contribution in [3.8, 4) is 17.3 Å². The highest BCUT2D eigenvalue weighted by molar-refractivity contribution is 5.97. The normalized spacial score (nSPS) is 10.2. The summed E-state index contributed by atoms with van der Waals surface area (Å²) in [5.74, 6) is -0.212. The number of rotatable bonds is 6. The number of nitrogens with zero attached hydrogens (tertiary/aromatic N) is 3. The summed E-state index contributed by atoms with van der Waals surface area (Å²) in [6.45, 7) is 0.0917. The molecule has 0 saturated heterocycles. The summed E-state index contributed by atoms with van der Waals surface area (Å²) in [6, 6.07) is 16.4. The number of carbonyl (C=O) groups excluding carboxylic acids is 1. The van der Waals surface area contributed by atoms with Crippen LogP contribution in [0.2, 0.25) is 0 Å². The van der Waals surface area contributed by atoms with Crippen LogP contribution in [0.25, 0.3) is 11.3 Å². The average molecular weight is 374 g/mol. The van der Waals surface area contributed by atoms with Crippen LogP contribution in [0.3, 0.4) is 0 Å². The lowest BCUT2D eigenvalue weighted by Gasteiger charge is -2.11. The van der Waals surface area contributed by atoms with Crippen molar-refractivity contribution in [2.45, 2.75) is 6.42 Å². The maximum Gasteiger partial charge on any atom is 0.338 e. The maximum atomic E-state index is 12.1. The van der Waals surface area contributed by atoms with Crippen molar-refractivity contribution in [3.63, 3.8) is 0 Å². The van der Waals surface area contributed by atoms with Crippen LogP contribution in [0.15, 0.2) is 54.7 Å². The number of benzene rings is 2. The first-order valence-electron chi connectivity index (χ1n) is 8.58. The highest BCUT2D eigenvalue weighted by atomic mass is 16.5. The molecule has 0 bridgehead atoms. The van der Waals surface area contributed by atoms with Crippen molar-refractivity contribution in [3.05, 3.63) is 71.4 Å². The summed E-state index contributed by atoms with van der Waals surface area (Å²) >= 11 is 0. The van der Waals surface area contributed by atoms with Crippen LogP contribution in [0.1, 0.15) is 21.5 Å². The summed E-state index contributed by atoms with van der Waals surface area (Å²) in [6.07, 6.45) is 2.00. The van der Waals surface area contributed by atoms with Gasteiger partial charge in [0.1, 0.15) is 6.07 Å². The smallest absolute Gasteiger partial charge is 0.338 e. The third-order valence-electron chi connectivity index (χ3n) is 4.11. The predicted molar refractivity (Wildman–Crippen MR) is 104 cm³/mol. The fourth-order valence-corrected chi connectivity index (χ4v) is 2.72. The second-order valence-electron chi connectivity index (χ2n) is 5.90. The highest BCUT2D eigenvalue weighted by Crippen LogP contribution is 2.27. The molecule has 2 aromatic carbocycles. The zero-order valence-electron chi connectivity index (χ0n) is 15.2. The minimum Gasteiger partial charge on any atom is -0.465 e. The van der Waals surface area contributed by atoms with E-state index >= 15 is 0 Å². The molecule has 0 amide bonds. The van der Waals surface area contributed by atoms with Crippen LogP contribution in [0.5, 0.6) is 0 Å². The van der Waals surface area contributed by atoms with E-state index in [1.165, 1.54) is 13.3 Å². The summed E-state index contributed by atoms with van der Waals surface area (Å²) < 4.78 is 4.83. The van der Waals surface area contributed by atoms with E-state index in [4.69, 9.17) is 9.84 Å². The van der Waals surface area contributed by atoms with Crippen molar-refractivity contribution in [2.75, 3.05) is 19.0 Å². The molecule has 0 spiro atoms. The maximum absolute atomic E-state index is 12.1. The Balaban J connectivity index is 1.98. The zero-order valence-corrected chi connectivity index (χ0v) is 15.2. The van der Waals surface area contributed by atoms with E-state index in [2.05, 4.69) is 21.4 Å². The molecule has 1 aromatic heterocycles. The second-order valence-corrected chi connectivity index (χ2v) is 5.90. The van der Waals surface area contributed by atoms with Crippen molar-refractivity contribution >= 4 is 17.6 Å². The number of hydrogen-bond acceptors (Lipinski definition) is 7. The van der Waals surface area contributed by atoms with Crippen LogP contribution < -0.4 is 5.32 Å². The fraction of sp³-hybridized carbons (Fsp3) is 0.143. The molecule has 0 aliphatic heterocycles. The molecule has 3 rings (SSSR count). The summed E-state index contributed by atoms with van der Waals surface area (Å²) in [4.78, 5) is 20.7. The van der Waals surface area contributed by atoms with E-state index in [-0.39, 0.29) is 12.2 Å². The Labute approximate surface area is 162 Å². The molecule has 1 heterocycles. The number of aliphatic hydroxyl groups is 1. The van der Waals surface area contributed by atoms with Gasteiger partial charge in [0.15, 0.2) is 0 Å². The number of aromatic nitrogens is 2. The molecule has 0 radical (unpaired) electrons. The van der Waals surface area contributed by atoms with E-state index in [1.807, 2.05) is 24.3 Å². The lowest BCUT2D eigenvalue weighted by Crippen LogP contribution is -2.06. The Kier molecular flexibility index (Phi) is 5.94. The van der Waals surface area contributed by atoms with Gasteiger partial charge in [-0.15, -0.1) is 0 Å². The molecule has 7 nitrogen and oxygen atoms in total. The monoisotopic (exact) mass is 374 g/mol. The number of nitriles is 1. The van der Waals surface area contributed by atoms with E-state index in [9.17, 15) is 10.1 Å². The molecular formula is C21H18N4O3. The predicted octanol–water partition coefficient (Wildman–Crippen LogP) is 3.08. The quantitative estimate of drug-likeness (QED) is 0.638. The van der Waals surface area contributed by atoms with E-state index in [0.717, 1.165) is 11.3 Å². The van der Waals surface area contributed by atoms with Crippen LogP contribution in [-0.2, 0) is 11.2 Å². The van der Waals surface area contributed by atoms with Gasteiger partial charge in [-0.3, -0.25) is 0 Å². The van der Waals surface area contributed by atoms with Gasteiger partial charge < -0.3 is 15.2 Å². The topological polar surface area (TPSA) is 108 Å². The Hall–Kier alpha value is -3.76. The first-order chi connectivity index (χ1) is 13.7. The number of nitrogens with one attached hydrogen (secondary N) is 1. The third-order valence-corrected chi connectivity index (χ3v) is 4.11. The van der Waals surface area contributed by atoms with Gasteiger partial charge in [0.05, 0.1) is 30.1 Å².